The number of aliphatic hydroxyl groups is 1. The van der Waals surface area contributed by atoms with E-state index in [-0.39, 0.29) is 23.5 Å². The summed E-state index contributed by atoms with van der Waals surface area (Å²) in [5, 5.41) is 20.5. The molecule has 2 N–H and O–H groups in total. The second-order valence-electron chi connectivity index (χ2n) is 7.47. The van der Waals surface area contributed by atoms with Crippen LogP contribution in [0.3, 0.4) is 0 Å². The quantitative estimate of drug-likeness (QED) is 0.720. The van der Waals surface area contributed by atoms with E-state index in [2.05, 4.69) is 0 Å². The molecule has 0 saturated carbocycles. The normalized spacial score (nSPS) is 16.7. The Balaban J connectivity index is 1.90. The van der Waals surface area contributed by atoms with E-state index >= 15 is 0 Å². The van der Waals surface area contributed by atoms with Gasteiger partial charge < -0.3 is 20.0 Å². The van der Waals surface area contributed by atoms with Crippen molar-refractivity contribution in [1.82, 2.24) is 9.80 Å². The number of carbonyl (C=O) groups is 2. The van der Waals surface area contributed by atoms with Crippen LogP contribution in [0.2, 0.25) is 0 Å². The summed E-state index contributed by atoms with van der Waals surface area (Å²) in [6.07, 6.45) is 0.711. The molecule has 0 radical (unpaired) electrons. The van der Waals surface area contributed by atoms with Gasteiger partial charge in [0, 0.05) is 19.5 Å². The molecule has 2 aromatic carbocycles. The van der Waals surface area contributed by atoms with Gasteiger partial charge in [0.15, 0.2) is 11.5 Å². The molecule has 6 heteroatoms. The minimum Gasteiger partial charge on any atom is -0.508 e. The van der Waals surface area contributed by atoms with Gasteiger partial charge in [-0.2, -0.15) is 0 Å². The number of hydrogen-bond donors (Lipinski definition) is 2. The van der Waals surface area contributed by atoms with Crippen molar-refractivity contribution in [3.8, 4) is 5.75 Å². The summed E-state index contributed by atoms with van der Waals surface area (Å²) >= 11 is 0. The van der Waals surface area contributed by atoms with Gasteiger partial charge in [0.2, 0.25) is 0 Å². The SMILES string of the molecule is CN(C)CCN1C(=O)C(O)=C(C(=O)CCc2ccccc2)C1c1cccc(O)c1. The zero-order chi connectivity index (χ0) is 21.0. The van der Waals surface area contributed by atoms with Gasteiger partial charge in [0.1, 0.15) is 5.75 Å². The van der Waals surface area contributed by atoms with Crippen LogP contribution in [0.5, 0.6) is 5.75 Å². The van der Waals surface area contributed by atoms with Gasteiger partial charge in [0.05, 0.1) is 11.6 Å². The molecule has 0 bridgehead atoms. The van der Waals surface area contributed by atoms with Gasteiger partial charge in [-0.15, -0.1) is 0 Å². The highest BCUT2D eigenvalue weighted by molar-refractivity contribution is 6.09. The lowest BCUT2D eigenvalue weighted by Crippen LogP contribution is -2.36. The molecule has 0 fully saturated rings. The number of nitrogens with zero attached hydrogens (tertiary/aromatic N) is 2. The van der Waals surface area contributed by atoms with Gasteiger partial charge in [0.25, 0.3) is 5.91 Å². The van der Waals surface area contributed by atoms with Crippen LogP contribution in [0, 0.1) is 0 Å². The van der Waals surface area contributed by atoms with E-state index in [1.54, 1.807) is 12.1 Å². The van der Waals surface area contributed by atoms with Crippen LogP contribution < -0.4 is 0 Å². The van der Waals surface area contributed by atoms with Gasteiger partial charge in [-0.25, -0.2) is 0 Å². The molecule has 1 aliphatic rings. The van der Waals surface area contributed by atoms with E-state index in [0.29, 0.717) is 25.1 Å². The zero-order valence-corrected chi connectivity index (χ0v) is 16.7. The first kappa shape index (κ1) is 20.6. The minimum absolute atomic E-state index is 0.0463. The number of aryl methyl sites for hydroxylation is 1. The maximum Gasteiger partial charge on any atom is 0.290 e. The summed E-state index contributed by atoms with van der Waals surface area (Å²) in [6.45, 7) is 0.936. The Kier molecular flexibility index (Phi) is 6.34. The molecular formula is C23H26N2O4. The number of Topliss-reactive ketones (excluding diaryl/α,β-unsaturated/α-hetero) is 1. The molecule has 1 atom stereocenters. The number of aliphatic hydroxyl groups excluding tert-OH is 1. The van der Waals surface area contributed by atoms with E-state index in [9.17, 15) is 19.8 Å². The van der Waals surface area contributed by atoms with Crippen molar-refractivity contribution in [2.45, 2.75) is 18.9 Å². The van der Waals surface area contributed by atoms with Crippen molar-refractivity contribution >= 4 is 11.7 Å². The van der Waals surface area contributed by atoms with E-state index < -0.39 is 17.7 Å². The fourth-order valence-electron chi connectivity index (χ4n) is 3.56. The fraction of sp³-hybridized carbons (Fsp3) is 0.304. The third kappa shape index (κ3) is 4.66. The van der Waals surface area contributed by atoms with Gasteiger partial charge in [-0.3, -0.25) is 9.59 Å². The highest BCUT2D eigenvalue weighted by atomic mass is 16.3. The molecule has 1 heterocycles. The van der Waals surface area contributed by atoms with Crippen LogP contribution in [0.15, 0.2) is 65.9 Å². The van der Waals surface area contributed by atoms with Crippen molar-refractivity contribution in [1.29, 1.82) is 0 Å². The Labute approximate surface area is 170 Å². The van der Waals surface area contributed by atoms with Crippen molar-refractivity contribution in [3.63, 3.8) is 0 Å². The lowest BCUT2D eigenvalue weighted by atomic mass is 9.93. The number of phenols is 1. The minimum atomic E-state index is -0.710. The molecule has 2 aromatic rings. The number of phenolic OH excluding ortho intramolecular Hbond substituents is 1. The lowest BCUT2D eigenvalue weighted by Gasteiger charge is -2.28. The molecule has 1 amide bonds. The van der Waals surface area contributed by atoms with Crippen LogP contribution >= 0.6 is 0 Å². The number of amides is 1. The average molecular weight is 394 g/mol. The third-order valence-corrected chi connectivity index (χ3v) is 5.06. The summed E-state index contributed by atoms with van der Waals surface area (Å²) in [7, 11) is 3.78. The monoisotopic (exact) mass is 394 g/mol. The molecule has 0 spiro atoms. The fourth-order valence-corrected chi connectivity index (χ4v) is 3.56. The highest BCUT2D eigenvalue weighted by Gasteiger charge is 2.43. The summed E-state index contributed by atoms with van der Waals surface area (Å²) in [6, 6.07) is 15.4. The van der Waals surface area contributed by atoms with Gasteiger partial charge >= 0.3 is 0 Å². The Morgan fingerprint density at radius 3 is 2.45 bits per heavy atom. The molecule has 29 heavy (non-hydrogen) atoms. The molecule has 0 aromatic heterocycles. The number of aromatic hydroxyl groups is 1. The maximum atomic E-state index is 13.1. The Morgan fingerprint density at radius 2 is 1.79 bits per heavy atom. The van der Waals surface area contributed by atoms with Crippen LogP contribution in [0.4, 0.5) is 0 Å². The average Bonchev–Trinajstić information content (AvgIpc) is 2.96. The Morgan fingerprint density at radius 1 is 1.07 bits per heavy atom. The van der Waals surface area contributed by atoms with Crippen molar-refractivity contribution in [2.24, 2.45) is 0 Å². The first-order chi connectivity index (χ1) is 13.9. The van der Waals surface area contributed by atoms with E-state index in [4.69, 9.17) is 0 Å². The molecule has 3 rings (SSSR count). The Bertz CT molecular complexity index is 921. The number of likely N-dealkylation sites (N-methyl/N-ethyl adjacent to an activating group) is 1. The highest BCUT2D eigenvalue weighted by Crippen LogP contribution is 2.39. The van der Waals surface area contributed by atoms with Crippen molar-refractivity contribution in [2.75, 3.05) is 27.2 Å². The number of carbonyl (C=O) groups excluding carboxylic acids is 2. The molecule has 0 saturated heterocycles. The second kappa shape index (κ2) is 8.92. The molecule has 1 aliphatic heterocycles. The first-order valence-electron chi connectivity index (χ1n) is 9.63. The number of ketones is 1. The summed E-state index contributed by atoms with van der Waals surface area (Å²) in [5.41, 5.74) is 1.73. The number of rotatable bonds is 8. The van der Waals surface area contributed by atoms with Crippen LogP contribution in [0.25, 0.3) is 0 Å². The Hall–Kier alpha value is -3.12. The van der Waals surface area contributed by atoms with E-state index in [1.165, 1.54) is 17.0 Å². The van der Waals surface area contributed by atoms with Crippen LogP contribution in [0.1, 0.15) is 23.6 Å². The smallest absolute Gasteiger partial charge is 0.290 e. The standard InChI is InChI=1S/C23H26N2O4/c1-24(2)13-14-25-21(17-9-6-10-18(26)15-17)20(22(28)23(25)29)19(27)12-11-16-7-4-3-5-8-16/h3-10,15,21,26,28H,11-14H2,1-2H3. The third-order valence-electron chi connectivity index (χ3n) is 5.06. The topological polar surface area (TPSA) is 81.1 Å². The lowest BCUT2D eigenvalue weighted by molar-refractivity contribution is -0.129. The summed E-state index contributed by atoms with van der Waals surface area (Å²) < 4.78 is 0. The van der Waals surface area contributed by atoms with Gasteiger partial charge in [-0.05, 0) is 43.8 Å². The summed E-state index contributed by atoms with van der Waals surface area (Å²) in [4.78, 5) is 29.2. The van der Waals surface area contributed by atoms with Gasteiger partial charge in [-0.1, -0.05) is 42.5 Å². The second-order valence-corrected chi connectivity index (χ2v) is 7.47. The molecule has 152 valence electrons. The predicted octanol–water partition coefficient (Wildman–Crippen LogP) is 2.85. The zero-order valence-electron chi connectivity index (χ0n) is 16.7. The predicted molar refractivity (Wildman–Crippen MR) is 111 cm³/mol. The van der Waals surface area contributed by atoms with Crippen molar-refractivity contribution in [3.05, 3.63) is 77.1 Å². The number of benzene rings is 2. The maximum absolute atomic E-state index is 13.1. The molecular weight excluding hydrogens is 368 g/mol. The van der Waals surface area contributed by atoms with Crippen LogP contribution in [-0.2, 0) is 16.0 Å². The van der Waals surface area contributed by atoms with Crippen LogP contribution in [-0.4, -0.2) is 58.9 Å². The molecule has 6 nitrogen and oxygen atoms in total. The molecule has 0 aliphatic carbocycles. The van der Waals surface area contributed by atoms with Crippen molar-refractivity contribution < 1.29 is 19.8 Å². The summed E-state index contributed by atoms with van der Waals surface area (Å²) in [5.74, 6) is -1.26. The number of hydrogen-bond acceptors (Lipinski definition) is 5. The van der Waals surface area contributed by atoms with E-state index in [0.717, 1.165) is 5.56 Å². The largest absolute Gasteiger partial charge is 0.508 e. The first-order valence-corrected chi connectivity index (χ1v) is 9.63. The van der Waals surface area contributed by atoms with E-state index in [1.807, 2.05) is 49.3 Å². The molecule has 1 unspecified atom stereocenters.